The molecule has 0 radical (unpaired) electrons. The van der Waals surface area contributed by atoms with Gasteiger partial charge < -0.3 is 9.88 Å². The molecule has 1 atom stereocenters. The van der Waals surface area contributed by atoms with E-state index in [1.165, 1.54) is 0 Å². The smallest absolute Gasteiger partial charge is 0.233 e. The van der Waals surface area contributed by atoms with E-state index in [-0.39, 0.29) is 11.3 Å². The van der Waals surface area contributed by atoms with E-state index in [2.05, 4.69) is 23.8 Å². The fourth-order valence-corrected chi connectivity index (χ4v) is 3.68. The summed E-state index contributed by atoms with van der Waals surface area (Å²) in [6.45, 7) is 4.88. The Balaban J connectivity index is 1.85. The second-order valence-electron chi connectivity index (χ2n) is 5.17. The van der Waals surface area contributed by atoms with Crippen LogP contribution in [0.2, 0.25) is 0 Å². The zero-order valence-corrected chi connectivity index (χ0v) is 11.9. The number of para-hydroxylation sites is 2. The number of amides is 1. The predicted octanol–water partition coefficient (Wildman–Crippen LogP) is 2.62. The number of aromatic amines is 1. The summed E-state index contributed by atoms with van der Waals surface area (Å²) in [6, 6.07) is 7.95. The van der Waals surface area contributed by atoms with Crippen molar-refractivity contribution >= 4 is 28.7 Å². The van der Waals surface area contributed by atoms with Gasteiger partial charge in [-0.2, -0.15) is 0 Å². The van der Waals surface area contributed by atoms with Gasteiger partial charge >= 0.3 is 0 Å². The van der Waals surface area contributed by atoms with Gasteiger partial charge in [0.2, 0.25) is 5.91 Å². The molecule has 1 aromatic carbocycles. The molecule has 4 nitrogen and oxygen atoms in total. The molecule has 2 heterocycles. The monoisotopic (exact) mass is 275 g/mol. The summed E-state index contributed by atoms with van der Waals surface area (Å²) in [7, 11) is 0. The molecule has 2 aromatic rings. The van der Waals surface area contributed by atoms with Crippen molar-refractivity contribution in [2.75, 3.05) is 5.75 Å². The largest absolute Gasteiger partial charge is 0.340 e. The molecule has 0 spiro atoms. The predicted molar refractivity (Wildman–Crippen MR) is 77.7 cm³/mol. The van der Waals surface area contributed by atoms with E-state index in [1.807, 2.05) is 29.2 Å². The number of nitrogens with zero attached hydrogens (tertiary/aromatic N) is 2. The third kappa shape index (κ3) is 2.34. The second-order valence-corrected chi connectivity index (χ2v) is 6.27. The molecule has 5 heteroatoms. The molecule has 100 valence electrons. The number of carbonyl (C=O) groups is 1. The highest BCUT2D eigenvalue weighted by molar-refractivity contribution is 8.01. The minimum absolute atomic E-state index is 0.212. The number of hydrogen-bond donors (Lipinski definition) is 1. The van der Waals surface area contributed by atoms with Gasteiger partial charge in [-0.05, 0) is 18.1 Å². The number of thioether (sulfide) groups is 1. The van der Waals surface area contributed by atoms with Crippen LogP contribution in [0.5, 0.6) is 0 Å². The highest BCUT2D eigenvalue weighted by Crippen LogP contribution is 2.31. The van der Waals surface area contributed by atoms with Crippen molar-refractivity contribution in [2.24, 2.45) is 5.92 Å². The maximum absolute atomic E-state index is 12.0. The molecule has 0 aliphatic carbocycles. The first-order valence-electron chi connectivity index (χ1n) is 6.50. The SMILES string of the molecule is CC(C)C1SCC(=O)N1Cc1nc2ccccc2[nH]1. The average Bonchev–Trinajstić information content (AvgIpc) is 2.94. The lowest BCUT2D eigenvalue weighted by atomic mass is 10.2. The quantitative estimate of drug-likeness (QED) is 0.936. The first-order valence-corrected chi connectivity index (χ1v) is 7.54. The number of H-pyrrole nitrogens is 1. The van der Waals surface area contributed by atoms with Gasteiger partial charge in [0.15, 0.2) is 0 Å². The molecule has 1 aromatic heterocycles. The van der Waals surface area contributed by atoms with Crippen molar-refractivity contribution in [1.82, 2.24) is 14.9 Å². The van der Waals surface area contributed by atoms with Gasteiger partial charge in [0.25, 0.3) is 0 Å². The first-order chi connectivity index (χ1) is 9.15. The Labute approximate surface area is 116 Å². The molecule has 1 aliphatic heterocycles. The Morgan fingerprint density at radius 3 is 3.00 bits per heavy atom. The molecular formula is C14H17N3OS. The summed E-state index contributed by atoms with van der Waals surface area (Å²) in [5.41, 5.74) is 1.98. The van der Waals surface area contributed by atoms with Gasteiger partial charge in [0.1, 0.15) is 5.82 Å². The van der Waals surface area contributed by atoms with Crippen LogP contribution in [-0.4, -0.2) is 31.9 Å². The number of aromatic nitrogens is 2. The summed E-state index contributed by atoms with van der Waals surface area (Å²) in [4.78, 5) is 21.7. The van der Waals surface area contributed by atoms with Gasteiger partial charge in [-0.1, -0.05) is 26.0 Å². The van der Waals surface area contributed by atoms with Crippen LogP contribution in [0.25, 0.3) is 11.0 Å². The standard InChI is InChI=1S/C14H17N3OS/c1-9(2)14-17(13(18)8-19-14)7-12-15-10-5-3-4-6-11(10)16-12/h3-6,9,14H,7-8H2,1-2H3,(H,15,16). The lowest BCUT2D eigenvalue weighted by Gasteiger charge is -2.25. The number of benzene rings is 1. The number of rotatable bonds is 3. The minimum Gasteiger partial charge on any atom is -0.340 e. The maximum atomic E-state index is 12.0. The van der Waals surface area contributed by atoms with Crippen molar-refractivity contribution in [2.45, 2.75) is 25.8 Å². The van der Waals surface area contributed by atoms with E-state index >= 15 is 0 Å². The summed E-state index contributed by atoms with van der Waals surface area (Å²) < 4.78 is 0. The number of hydrogen-bond acceptors (Lipinski definition) is 3. The number of nitrogens with one attached hydrogen (secondary N) is 1. The molecule has 1 saturated heterocycles. The van der Waals surface area contributed by atoms with Crippen LogP contribution in [-0.2, 0) is 11.3 Å². The van der Waals surface area contributed by atoms with E-state index in [1.54, 1.807) is 11.8 Å². The van der Waals surface area contributed by atoms with E-state index in [0.29, 0.717) is 18.2 Å². The first kappa shape index (κ1) is 12.5. The Morgan fingerprint density at radius 2 is 2.26 bits per heavy atom. The Hall–Kier alpha value is -1.49. The van der Waals surface area contributed by atoms with Crippen molar-refractivity contribution in [1.29, 1.82) is 0 Å². The average molecular weight is 275 g/mol. The van der Waals surface area contributed by atoms with Gasteiger partial charge in [-0.25, -0.2) is 4.98 Å². The number of fused-ring (bicyclic) bond motifs is 1. The third-order valence-electron chi connectivity index (χ3n) is 3.33. The number of carbonyl (C=O) groups excluding carboxylic acids is 1. The molecule has 19 heavy (non-hydrogen) atoms. The van der Waals surface area contributed by atoms with E-state index < -0.39 is 0 Å². The summed E-state index contributed by atoms with van der Waals surface area (Å²) in [5.74, 6) is 2.12. The summed E-state index contributed by atoms with van der Waals surface area (Å²) in [5, 5.41) is 0.265. The van der Waals surface area contributed by atoms with Crippen LogP contribution >= 0.6 is 11.8 Å². The second kappa shape index (κ2) is 4.89. The lowest BCUT2D eigenvalue weighted by molar-refractivity contribution is -0.129. The molecule has 0 saturated carbocycles. The van der Waals surface area contributed by atoms with Crippen molar-refractivity contribution in [3.8, 4) is 0 Å². The van der Waals surface area contributed by atoms with Crippen LogP contribution in [0.15, 0.2) is 24.3 Å². The van der Waals surface area contributed by atoms with Crippen molar-refractivity contribution in [3.05, 3.63) is 30.1 Å². The van der Waals surface area contributed by atoms with Crippen molar-refractivity contribution in [3.63, 3.8) is 0 Å². The van der Waals surface area contributed by atoms with E-state index in [4.69, 9.17) is 0 Å². The van der Waals surface area contributed by atoms with Gasteiger partial charge in [-0.15, -0.1) is 11.8 Å². The Kier molecular flexibility index (Phi) is 3.22. The zero-order chi connectivity index (χ0) is 13.4. The van der Waals surface area contributed by atoms with E-state index in [0.717, 1.165) is 16.9 Å². The molecular weight excluding hydrogens is 258 g/mol. The normalized spacial score (nSPS) is 19.8. The molecule has 0 bridgehead atoms. The summed E-state index contributed by atoms with van der Waals surface area (Å²) >= 11 is 1.73. The number of imidazole rings is 1. The fraction of sp³-hybridized carbons (Fsp3) is 0.429. The fourth-order valence-electron chi connectivity index (χ4n) is 2.44. The lowest BCUT2D eigenvalue weighted by Crippen LogP contribution is -2.35. The van der Waals surface area contributed by atoms with Crippen LogP contribution < -0.4 is 0 Å². The van der Waals surface area contributed by atoms with Crippen LogP contribution in [0.3, 0.4) is 0 Å². The molecule has 1 amide bonds. The molecule has 1 aliphatic rings. The van der Waals surface area contributed by atoms with Crippen LogP contribution in [0.1, 0.15) is 19.7 Å². The molecule has 1 N–H and O–H groups in total. The topological polar surface area (TPSA) is 49.0 Å². The van der Waals surface area contributed by atoms with Gasteiger partial charge in [0.05, 0.1) is 28.7 Å². The van der Waals surface area contributed by atoms with Crippen LogP contribution in [0.4, 0.5) is 0 Å². The molecule has 1 fully saturated rings. The molecule has 3 rings (SSSR count). The van der Waals surface area contributed by atoms with Gasteiger partial charge in [-0.3, -0.25) is 4.79 Å². The van der Waals surface area contributed by atoms with Crippen molar-refractivity contribution < 1.29 is 4.79 Å². The Morgan fingerprint density at radius 1 is 1.47 bits per heavy atom. The Bertz CT molecular complexity index is 575. The highest BCUT2D eigenvalue weighted by Gasteiger charge is 2.34. The third-order valence-corrected chi connectivity index (χ3v) is 4.89. The highest BCUT2D eigenvalue weighted by atomic mass is 32.2. The van der Waals surface area contributed by atoms with Gasteiger partial charge in [0, 0.05) is 0 Å². The minimum atomic E-state index is 0.212. The zero-order valence-electron chi connectivity index (χ0n) is 11.1. The van der Waals surface area contributed by atoms with E-state index in [9.17, 15) is 4.79 Å². The maximum Gasteiger partial charge on any atom is 0.233 e. The summed E-state index contributed by atoms with van der Waals surface area (Å²) in [6.07, 6.45) is 0. The molecule has 1 unspecified atom stereocenters. The van der Waals surface area contributed by atoms with Crippen LogP contribution in [0, 0.1) is 5.92 Å².